The lowest BCUT2D eigenvalue weighted by Gasteiger charge is -2.23. The molecule has 1 aliphatic heterocycles. The number of H-pyrrole nitrogens is 1. The van der Waals surface area contributed by atoms with Gasteiger partial charge in [0.05, 0.1) is 12.3 Å². The summed E-state index contributed by atoms with van der Waals surface area (Å²) in [5.74, 6) is 0. The van der Waals surface area contributed by atoms with Crippen LogP contribution in [-0.2, 0) is 11.3 Å². The lowest BCUT2D eigenvalue weighted by Crippen LogP contribution is -2.33. The highest BCUT2D eigenvalue weighted by molar-refractivity contribution is 5.39. The van der Waals surface area contributed by atoms with E-state index >= 15 is 0 Å². The molecule has 108 valence electrons. The first-order valence-corrected chi connectivity index (χ1v) is 6.98. The third kappa shape index (κ3) is 2.48. The van der Waals surface area contributed by atoms with Crippen LogP contribution in [0.1, 0.15) is 24.2 Å². The van der Waals surface area contributed by atoms with E-state index in [4.69, 9.17) is 4.74 Å². The summed E-state index contributed by atoms with van der Waals surface area (Å²) in [6.45, 7) is 4.42. The number of fused-ring (bicyclic) bond motifs is 1. The minimum absolute atomic E-state index is 0.0550. The summed E-state index contributed by atoms with van der Waals surface area (Å²) in [5.41, 5.74) is 2.40. The van der Waals surface area contributed by atoms with E-state index in [1.54, 1.807) is 13.2 Å². The van der Waals surface area contributed by atoms with Crippen molar-refractivity contribution in [3.05, 3.63) is 33.9 Å². The second-order valence-electron chi connectivity index (χ2n) is 5.44. The molecule has 3 heterocycles. The van der Waals surface area contributed by atoms with Gasteiger partial charge in [-0.3, -0.25) is 14.8 Å². The maximum absolute atomic E-state index is 12.0. The molecule has 2 aromatic rings. The number of nitrogens with zero attached hydrogens (tertiary/aromatic N) is 3. The van der Waals surface area contributed by atoms with Crippen LogP contribution in [-0.4, -0.2) is 45.8 Å². The smallest absolute Gasteiger partial charge is 0.272 e. The van der Waals surface area contributed by atoms with Gasteiger partial charge in [-0.2, -0.15) is 0 Å². The highest BCUT2D eigenvalue weighted by atomic mass is 16.5. The van der Waals surface area contributed by atoms with E-state index in [2.05, 4.69) is 15.0 Å². The van der Waals surface area contributed by atoms with Gasteiger partial charge in [-0.15, -0.1) is 0 Å². The van der Waals surface area contributed by atoms with E-state index in [1.807, 2.05) is 13.0 Å². The summed E-state index contributed by atoms with van der Waals surface area (Å²) < 4.78 is 6.74. The van der Waals surface area contributed by atoms with Crippen molar-refractivity contribution in [2.45, 2.75) is 32.4 Å². The standard InChI is InChI=1S/C14H20N4O2/c1-10-6-13-15-11(7-14(19)18(13)16-10)8-17-5-3-4-12(17)9-20-2/h6-7,12,16H,3-5,8-9H2,1-2H3/t12-/m0/s1. The Labute approximate surface area is 117 Å². The molecule has 6 nitrogen and oxygen atoms in total. The van der Waals surface area contributed by atoms with Crippen molar-refractivity contribution in [2.75, 3.05) is 20.3 Å². The van der Waals surface area contributed by atoms with Gasteiger partial charge >= 0.3 is 0 Å². The van der Waals surface area contributed by atoms with Crippen molar-refractivity contribution < 1.29 is 4.74 Å². The molecule has 0 radical (unpaired) electrons. The average Bonchev–Trinajstić information content (AvgIpc) is 2.97. The van der Waals surface area contributed by atoms with Crippen molar-refractivity contribution in [3.8, 4) is 0 Å². The number of ether oxygens (including phenoxy) is 1. The number of aromatic nitrogens is 3. The van der Waals surface area contributed by atoms with Gasteiger partial charge in [0, 0.05) is 37.5 Å². The van der Waals surface area contributed by atoms with Crippen molar-refractivity contribution in [1.29, 1.82) is 0 Å². The van der Waals surface area contributed by atoms with Crippen LogP contribution in [0.25, 0.3) is 5.65 Å². The highest BCUT2D eigenvalue weighted by Gasteiger charge is 2.24. The maximum atomic E-state index is 12.0. The Balaban J connectivity index is 1.85. The number of likely N-dealkylation sites (tertiary alicyclic amines) is 1. The van der Waals surface area contributed by atoms with Crippen LogP contribution in [0.4, 0.5) is 0 Å². The fourth-order valence-electron chi connectivity index (χ4n) is 2.93. The molecule has 3 rings (SSSR count). The topological polar surface area (TPSA) is 62.6 Å². The van der Waals surface area contributed by atoms with Crippen LogP contribution in [0.3, 0.4) is 0 Å². The van der Waals surface area contributed by atoms with Gasteiger partial charge in [0.15, 0.2) is 5.65 Å². The van der Waals surface area contributed by atoms with E-state index in [0.29, 0.717) is 18.2 Å². The van der Waals surface area contributed by atoms with Gasteiger partial charge in [0.25, 0.3) is 5.56 Å². The molecule has 2 aromatic heterocycles. The molecular formula is C14H20N4O2. The summed E-state index contributed by atoms with van der Waals surface area (Å²) in [7, 11) is 1.73. The first kappa shape index (κ1) is 13.3. The van der Waals surface area contributed by atoms with E-state index in [-0.39, 0.29) is 5.56 Å². The van der Waals surface area contributed by atoms with Crippen LogP contribution < -0.4 is 5.56 Å². The molecule has 1 fully saturated rings. The molecular weight excluding hydrogens is 256 g/mol. The lowest BCUT2D eigenvalue weighted by molar-refractivity contribution is 0.111. The molecule has 1 atom stereocenters. The molecule has 0 aromatic carbocycles. The van der Waals surface area contributed by atoms with Crippen LogP contribution in [0.5, 0.6) is 0 Å². The van der Waals surface area contributed by atoms with E-state index in [0.717, 1.165) is 31.0 Å². The molecule has 0 amide bonds. The monoisotopic (exact) mass is 276 g/mol. The van der Waals surface area contributed by atoms with Crippen molar-refractivity contribution >= 4 is 5.65 Å². The van der Waals surface area contributed by atoms with Crippen LogP contribution in [0.15, 0.2) is 16.9 Å². The van der Waals surface area contributed by atoms with E-state index < -0.39 is 0 Å². The maximum Gasteiger partial charge on any atom is 0.272 e. The number of nitrogens with one attached hydrogen (secondary N) is 1. The molecule has 0 saturated carbocycles. The van der Waals surface area contributed by atoms with Crippen LogP contribution in [0.2, 0.25) is 0 Å². The molecule has 0 unspecified atom stereocenters. The van der Waals surface area contributed by atoms with Gasteiger partial charge in [0.1, 0.15) is 0 Å². The van der Waals surface area contributed by atoms with Crippen LogP contribution in [0, 0.1) is 6.92 Å². The number of aryl methyl sites for hydroxylation is 1. The number of hydrogen-bond acceptors (Lipinski definition) is 4. The predicted molar refractivity (Wildman–Crippen MR) is 75.9 cm³/mol. The van der Waals surface area contributed by atoms with Crippen molar-refractivity contribution in [2.24, 2.45) is 0 Å². The summed E-state index contributed by atoms with van der Waals surface area (Å²) >= 11 is 0. The van der Waals surface area contributed by atoms with E-state index in [1.165, 1.54) is 10.9 Å². The zero-order valence-corrected chi connectivity index (χ0v) is 11.9. The van der Waals surface area contributed by atoms with Gasteiger partial charge in [-0.1, -0.05) is 0 Å². The third-order valence-electron chi connectivity index (χ3n) is 3.85. The normalized spacial score (nSPS) is 20.0. The molecule has 6 heteroatoms. The number of aromatic amines is 1. The second-order valence-corrected chi connectivity index (χ2v) is 5.44. The predicted octanol–water partition coefficient (Wildman–Crippen LogP) is 0.942. The minimum atomic E-state index is -0.0550. The van der Waals surface area contributed by atoms with Gasteiger partial charge in [-0.25, -0.2) is 9.50 Å². The molecule has 0 spiro atoms. The van der Waals surface area contributed by atoms with Crippen molar-refractivity contribution in [1.82, 2.24) is 19.5 Å². The fourth-order valence-corrected chi connectivity index (χ4v) is 2.93. The molecule has 1 aliphatic rings. The number of methoxy groups -OCH3 is 1. The largest absolute Gasteiger partial charge is 0.383 e. The zero-order valence-electron chi connectivity index (χ0n) is 11.9. The molecule has 0 bridgehead atoms. The minimum Gasteiger partial charge on any atom is -0.383 e. The fraction of sp³-hybridized carbons (Fsp3) is 0.571. The molecule has 20 heavy (non-hydrogen) atoms. The average molecular weight is 276 g/mol. The zero-order chi connectivity index (χ0) is 14.1. The number of rotatable bonds is 4. The first-order valence-electron chi connectivity index (χ1n) is 6.98. The molecule has 1 N–H and O–H groups in total. The Bertz CT molecular complexity index is 661. The first-order chi connectivity index (χ1) is 9.67. The third-order valence-corrected chi connectivity index (χ3v) is 3.85. The summed E-state index contributed by atoms with van der Waals surface area (Å²) in [5, 5.41) is 2.98. The summed E-state index contributed by atoms with van der Waals surface area (Å²) in [6, 6.07) is 3.94. The van der Waals surface area contributed by atoms with Gasteiger partial charge < -0.3 is 4.74 Å². The van der Waals surface area contributed by atoms with Gasteiger partial charge in [-0.05, 0) is 26.3 Å². The second kappa shape index (κ2) is 5.38. The Morgan fingerprint density at radius 3 is 3.15 bits per heavy atom. The van der Waals surface area contributed by atoms with E-state index in [9.17, 15) is 4.79 Å². The Morgan fingerprint density at radius 1 is 1.50 bits per heavy atom. The Kier molecular flexibility index (Phi) is 3.58. The number of hydrogen-bond donors (Lipinski definition) is 1. The lowest BCUT2D eigenvalue weighted by atomic mass is 10.2. The highest BCUT2D eigenvalue weighted by Crippen LogP contribution is 2.19. The SMILES string of the molecule is COC[C@@H]1CCCN1Cc1cc(=O)n2[nH]c(C)cc2n1. The molecule has 0 aliphatic carbocycles. The summed E-state index contributed by atoms with van der Waals surface area (Å²) in [4.78, 5) is 19.0. The molecule has 1 saturated heterocycles. The summed E-state index contributed by atoms with van der Waals surface area (Å²) in [6.07, 6.45) is 2.33. The quantitative estimate of drug-likeness (QED) is 0.903. The van der Waals surface area contributed by atoms with Crippen molar-refractivity contribution in [3.63, 3.8) is 0 Å². The van der Waals surface area contributed by atoms with Crippen LogP contribution >= 0.6 is 0 Å². The Morgan fingerprint density at radius 2 is 2.35 bits per heavy atom. The van der Waals surface area contributed by atoms with Gasteiger partial charge in [0.2, 0.25) is 0 Å². The Hall–Kier alpha value is -1.66.